The molecule has 0 fully saturated rings. The topological polar surface area (TPSA) is 75.2 Å². The Hall–Kier alpha value is -1.21. The Morgan fingerprint density at radius 1 is 1.47 bits per heavy atom. The standard InChI is InChI=1S/C10H18N4O2S/c1-8(2)12-6-9-5-11-7-13-10(9)14(3)17(4,15)16/h5,7-8,12H,6H2,1-4H3. The predicted octanol–water partition coefficient (Wildman–Crippen LogP) is 0.370. The van der Waals surface area contributed by atoms with Gasteiger partial charge in [0.15, 0.2) is 0 Å². The van der Waals surface area contributed by atoms with Crippen LogP contribution < -0.4 is 9.62 Å². The van der Waals surface area contributed by atoms with Gasteiger partial charge in [-0.2, -0.15) is 0 Å². The second-order valence-electron chi connectivity index (χ2n) is 4.14. The Morgan fingerprint density at radius 2 is 2.12 bits per heavy atom. The van der Waals surface area contributed by atoms with Crippen molar-refractivity contribution in [2.75, 3.05) is 17.6 Å². The van der Waals surface area contributed by atoms with Gasteiger partial charge >= 0.3 is 0 Å². The van der Waals surface area contributed by atoms with E-state index in [-0.39, 0.29) is 0 Å². The average Bonchev–Trinajstić information content (AvgIpc) is 2.24. The van der Waals surface area contributed by atoms with Crippen molar-refractivity contribution in [3.8, 4) is 0 Å². The number of aromatic nitrogens is 2. The fourth-order valence-electron chi connectivity index (χ4n) is 1.23. The van der Waals surface area contributed by atoms with Gasteiger partial charge in [-0.15, -0.1) is 0 Å². The first-order chi connectivity index (χ1) is 7.82. The lowest BCUT2D eigenvalue weighted by atomic mass is 10.3. The molecule has 6 nitrogen and oxygen atoms in total. The molecule has 7 heteroatoms. The van der Waals surface area contributed by atoms with Crippen molar-refractivity contribution in [3.63, 3.8) is 0 Å². The largest absolute Gasteiger partial charge is 0.310 e. The van der Waals surface area contributed by atoms with Gasteiger partial charge in [-0.3, -0.25) is 4.31 Å². The molecule has 0 saturated carbocycles. The Bertz CT molecular complexity index is 473. The second kappa shape index (κ2) is 5.42. The summed E-state index contributed by atoms with van der Waals surface area (Å²) in [4.78, 5) is 7.93. The van der Waals surface area contributed by atoms with E-state index in [1.54, 1.807) is 6.20 Å². The zero-order valence-corrected chi connectivity index (χ0v) is 11.3. The summed E-state index contributed by atoms with van der Waals surface area (Å²) in [6.07, 6.45) is 4.12. The highest BCUT2D eigenvalue weighted by Crippen LogP contribution is 2.16. The molecule has 0 unspecified atom stereocenters. The van der Waals surface area contributed by atoms with E-state index in [4.69, 9.17) is 0 Å². The van der Waals surface area contributed by atoms with Crippen molar-refractivity contribution >= 4 is 15.8 Å². The molecule has 0 bridgehead atoms. The van der Waals surface area contributed by atoms with Crippen LogP contribution in [0.5, 0.6) is 0 Å². The quantitative estimate of drug-likeness (QED) is 0.826. The van der Waals surface area contributed by atoms with E-state index in [0.29, 0.717) is 18.4 Å². The van der Waals surface area contributed by atoms with Crippen LogP contribution in [-0.2, 0) is 16.6 Å². The Labute approximate surface area is 102 Å². The summed E-state index contributed by atoms with van der Waals surface area (Å²) in [6.45, 7) is 4.57. The van der Waals surface area contributed by atoms with Gasteiger partial charge in [-0.1, -0.05) is 13.8 Å². The number of hydrogen-bond acceptors (Lipinski definition) is 5. The summed E-state index contributed by atoms with van der Waals surface area (Å²) >= 11 is 0. The lowest BCUT2D eigenvalue weighted by Gasteiger charge is -2.19. The van der Waals surface area contributed by atoms with Gasteiger partial charge in [0.25, 0.3) is 0 Å². The Balaban J connectivity index is 3.00. The van der Waals surface area contributed by atoms with Gasteiger partial charge in [0.05, 0.1) is 6.26 Å². The van der Waals surface area contributed by atoms with E-state index < -0.39 is 10.0 Å². The third-order valence-electron chi connectivity index (χ3n) is 2.26. The minimum absolute atomic E-state index is 0.312. The minimum Gasteiger partial charge on any atom is -0.310 e. The van der Waals surface area contributed by atoms with Crippen molar-refractivity contribution in [1.29, 1.82) is 0 Å². The summed E-state index contributed by atoms with van der Waals surface area (Å²) < 4.78 is 24.1. The maximum absolute atomic E-state index is 11.5. The van der Waals surface area contributed by atoms with Crippen LogP contribution >= 0.6 is 0 Å². The first kappa shape index (κ1) is 13.9. The average molecular weight is 258 g/mol. The van der Waals surface area contributed by atoms with Crippen LogP contribution in [0.1, 0.15) is 19.4 Å². The predicted molar refractivity (Wildman–Crippen MR) is 67.3 cm³/mol. The number of anilines is 1. The number of sulfonamides is 1. The van der Waals surface area contributed by atoms with Crippen LogP contribution in [0.2, 0.25) is 0 Å². The summed E-state index contributed by atoms with van der Waals surface area (Å²) in [5.74, 6) is 0.413. The molecular weight excluding hydrogens is 240 g/mol. The lowest BCUT2D eigenvalue weighted by Crippen LogP contribution is -2.29. The second-order valence-corrected chi connectivity index (χ2v) is 6.15. The molecule has 1 heterocycles. The van der Waals surface area contributed by atoms with Gasteiger partial charge in [-0.05, 0) is 0 Å². The highest BCUT2D eigenvalue weighted by atomic mass is 32.2. The van der Waals surface area contributed by atoms with Crippen LogP contribution in [0.25, 0.3) is 0 Å². The molecule has 1 rings (SSSR count). The molecule has 0 amide bonds. The Kier molecular flexibility index (Phi) is 4.41. The zero-order valence-electron chi connectivity index (χ0n) is 10.5. The van der Waals surface area contributed by atoms with Crippen molar-refractivity contribution in [2.45, 2.75) is 26.4 Å². The molecule has 1 N–H and O–H groups in total. The molecule has 1 aromatic rings. The van der Waals surface area contributed by atoms with E-state index in [0.717, 1.165) is 16.1 Å². The normalized spacial score (nSPS) is 11.8. The van der Waals surface area contributed by atoms with Gasteiger partial charge in [0.1, 0.15) is 12.1 Å². The first-order valence-electron chi connectivity index (χ1n) is 5.28. The number of nitrogens with zero attached hydrogens (tertiary/aromatic N) is 3. The lowest BCUT2D eigenvalue weighted by molar-refractivity contribution is 0.585. The van der Waals surface area contributed by atoms with Crippen LogP contribution in [0.4, 0.5) is 5.82 Å². The van der Waals surface area contributed by atoms with E-state index in [2.05, 4.69) is 15.3 Å². The van der Waals surface area contributed by atoms with Crippen LogP contribution in [0.3, 0.4) is 0 Å². The van der Waals surface area contributed by atoms with Crippen molar-refractivity contribution in [2.24, 2.45) is 0 Å². The highest BCUT2D eigenvalue weighted by Gasteiger charge is 2.17. The summed E-state index contributed by atoms with van der Waals surface area (Å²) in [6, 6.07) is 0.312. The van der Waals surface area contributed by atoms with Crippen LogP contribution in [-0.4, -0.2) is 37.7 Å². The van der Waals surface area contributed by atoms with Crippen LogP contribution in [0.15, 0.2) is 12.5 Å². The monoisotopic (exact) mass is 258 g/mol. The molecule has 0 atom stereocenters. The number of hydrogen-bond donors (Lipinski definition) is 1. The molecule has 1 aromatic heterocycles. The SMILES string of the molecule is CC(C)NCc1cncnc1N(C)S(C)(=O)=O. The molecule has 0 aliphatic heterocycles. The maximum atomic E-state index is 11.5. The van der Waals surface area contributed by atoms with E-state index >= 15 is 0 Å². The molecule has 0 saturated heterocycles. The van der Waals surface area contributed by atoms with Gasteiger partial charge in [0, 0.05) is 31.4 Å². The molecule has 0 aliphatic rings. The fourth-order valence-corrected chi connectivity index (χ4v) is 1.71. The summed E-state index contributed by atoms with van der Waals surface area (Å²) in [7, 11) is -1.82. The number of nitrogens with one attached hydrogen (secondary N) is 1. The molecular formula is C10H18N4O2S. The Morgan fingerprint density at radius 3 is 2.65 bits per heavy atom. The van der Waals surface area contributed by atoms with Gasteiger partial charge < -0.3 is 5.32 Å². The molecule has 0 aliphatic carbocycles. The van der Waals surface area contributed by atoms with Crippen molar-refractivity contribution in [1.82, 2.24) is 15.3 Å². The van der Waals surface area contributed by atoms with E-state index in [9.17, 15) is 8.42 Å². The van der Waals surface area contributed by atoms with Crippen LogP contribution in [0, 0.1) is 0 Å². The van der Waals surface area contributed by atoms with Crippen molar-refractivity contribution in [3.05, 3.63) is 18.1 Å². The highest BCUT2D eigenvalue weighted by molar-refractivity contribution is 7.92. The zero-order chi connectivity index (χ0) is 13.1. The summed E-state index contributed by atoms with van der Waals surface area (Å²) in [5, 5.41) is 3.21. The van der Waals surface area contributed by atoms with E-state index in [1.807, 2.05) is 13.8 Å². The fraction of sp³-hybridized carbons (Fsp3) is 0.600. The van der Waals surface area contributed by atoms with Gasteiger partial charge in [-0.25, -0.2) is 18.4 Å². The molecule has 0 aromatic carbocycles. The van der Waals surface area contributed by atoms with Gasteiger partial charge in [0.2, 0.25) is 10.0 Å². The minimum atomic E-state index is -3.30. The molecule has 0 spiro atoms. The number of rotatable bonds is 5. The molecule has 96 valence electrons. The third-order valence-corrected chi connectivity index (χ3v) is 3.43. The van der Waals surface area contributed by atoms with Crippen molar-refractivity contribution < 1.29 is 8.42 Å². The summed E-state index contributed by atoms with van der Waals surface area (Å²) in [5.41, 5.74) is 0.758. The first-order valence-corrected chi connectivity index (χ1v) is 7.13. The molecule has 17 heavy (non-hydrogen) atoms. The maximum Gasteiger partial charge on any atom is 0.233 e. The third kappa shape index (κ3) is 3.94. The van der Waals surface area contributed by atoms with E-state index in [1.165, 1.54) is 13.4 Å². The molecule has 0 radical (unpaired) electrons. The smallest absolute Gasteiger partial charge is 0.233 e.